The van der Waals surface area contributed by atoms with Gasteiger partial charge in [0.15, 0.2) is 0 Å². The third-order valence-electron chi connectivity index (χ3n) is 1.40. The molecular weight excluding hydrogens is 184 g/mol. The summed E-state index contributed by atoms with van der Waals surface area (Å²) in [4.78, 5) is 0. The molecule has 4 nitrogen and oxygen atoms in total. The summed E-state index contributed by atoms with van der Waals surface area (Å²) in [5.74, 6) is 0. The molecule has 13 heavy (non-hydrogen) atoms. The zero-order valence-electron chi connectivity index (χ0n) is 8.92. The molecule has 4 N–H and O–H groups in total. The first kappa shape index (κ1) is 15.5. The monoisotopic (exact) mass is 208 g/mol. The Hall–Kier alpha value is 0.0569. The molecule has 0 aliphatic heterocycles. The van der Waals surface area contributed by atoms with Gasteiger partial charge in [-0.25, -0.2) is 0 Å². The van der Waals surface area contributed by atoms with E-state index in [1.165, 1.54) is 25.7 Å². The van der Waals surface area contributed by atoms with Crippen LogP contribution in [0.15, 0.2) is 0 Å². The first-order valence-corrected chi connectivity index (χ1v) is 5.87. The van der Waals surface area contributed by atoms with Crippen LogP contribution in [0.5, 0.6) is 0 Å². The van der Waals surface area contributed by atoms with Gasteiger partial charge in [-0.1, -0.05) is 25.7 Å². The Morgan fingerprint density at radius 3 is 1.23 bits per heavy atom. The second kappa shape index (κ2) is 18.0. The van der Waals surface area contributed by atoms with Gasteiger partial charge in [-0.3, -0.25) is 0 Å². The molecule has 1 fully saturated rings. The van der Waals surface area contributed by atoms with Crippen LogP contribution in [0.2, 0.25) is 0 Å². The molecule has 0 aromatic heterocycles. The van der Waals surface area contributed by atoms with Gasteiger partial charge in [0.2, 0.25) is 0 Å². The molecule has 0 spiro atoms. The van der Waals surface area contributed by atoms with Crippen molar-refractivity contribution >= 4 is 10.0 Å². The van der Waals surface area contributed by atoms with E-state index in [0.717, 1.165) is 0 Å². The van der Waals surface area contributed by atoms with Crippen molar-refractivity contribution in [1.29, 1.82) is 0 Å². The molecule has 0 atom stereocenters. The van der Waals surface area contributed by atoms with Gasteiger partial charge in [-0.2, -0.15) is 0 Å². The van der Waals surface area contributed by atoms with E-state index in [4.69, 9.17) is 11.5 Å². The van der Waals surface area contributed by atoms with Gasteiger partial charge in [-0.05, 0) is 0 Å². The van der Waals surface area contributed by atoms with E-state index in [2.05, 4.69) is 8.85 Å². The van der Waals surface area contributed by atoms with Crippen molar-refractivity contribution in [2.75, 3.05) is 27.3 Å². The molecule has 0 radical (unpaired) electrons. The molecule has 0 amide bonds. The summed E-state index contributed by atoms with van der Waals surface area (Å²) < 4.78 is 9.22. The maximum atomic E-state index is 4.90. The zero-order valence-corrected chi connectivity index (χ0v) is 10.3. The average Bonchev–Trinajstić information content (AvgIpc) is 2.03. The van der Waals surface area contributed by atoms with Crippen molar-refractivity contribution in [2.45, 2.75) is 25.7 Å². The molecule has 0 heterocycles. The summed E-state index contributed by atoms with van der Waals surface area (Å²) >= 11 is 0. The van der Waals surface area contributed by atoms with Gasteiger partial charge in [0, 0.05) is 27.3 Å². The van der Waals surface area contributed by atoms with Crippen LogP contribution in [0.25, 0.3) is 0 Å². The Morgan fingerprint density at radius 2 is 1.23 bits per heavy atom. The number of nitrogens with two attached hydrogens (primary N) is 2. The van der Waals surface area contributed by atoms with Crippen LogP contribution in [0, 0.1) is 0 Å². The second-order valence-corrected chi connectivity index (χ2v) is 4.08. The van der Waals surface area contributed by atoms with E-state index < -0.39 is 10.0 Å². The maximum absolute atomic E-state index is 4.90. The molecule has 0 aromatic carbocycles. The summed E-state index contributed by atoms with van der Waals surface area (Å²) in [7, 11) is 2.73. The molecule has 82 valence electrons. The van der Waals surface area contributed by atoms with Crippen LogP contribution in [0.1, 0.15) is 25.7 Å². The van der Waals surface area contributed by atoms with Crippen molar-refractivity contribution in [2.24, 2.45) is 11.5 Å². The lowest BCUT2D eigenvalue weighted by atomic mass is 10.0. The lowest BCUT2D eigenvalue weighted by Crippen LogP contribution is -2.11. The second-order valence-electron chi connectivity index (χ2n) is 2.69. The van der Waals surface area contributed by atoms with E-state index in [-0.39, 0.29) is 0 Å². The first-order valence-electron chi connectivity index (χ1n) is 4.71. The zero-order chi connectivity index (χ0) is 10.4. The van der Waals surface area contributed by atoms with Crippen LogP contribution in [0.4, 0.5) is 0 Å². The summed E-state index contributed by atoms with van der Waals surface area (Å²) in [6.45, 7) is 1.19. The van der Waals surface area contributed by atoms with E-state index >= 15 is 0 Å². The van der Waals surface area contributed by atoms with E-state index in [1.807, 2.05) is 0 Å². The fraction of sp³-hybridized carbons (Fsp3) is 1.00. The summed E-state index contributed by atoms with van der Waals surface area (Å²) in [6.07, 6.45) is 6.00. The number of hydrogen-bond donors (Lipinski definition) is 2. The minimum atomic E-state index is -0.568. The van der Waals surface area contributed by atoms with Gasteiger partial charge < -0.3 is 20.3 Å². The van der Waals surface area contributed by atoms with Crippen molar-refractivity contribution in [3.05, 3.63) is 0 Å². The van der Waals surface area contributed by atoms with Gasteiger partial charge in [0.05, 0.1) is 0 Å². The Morgan fingerprint density at radius 1 is 0.923 bits per heavy atom. The fourth-order valence-electron chi connectivity index (χ4n) is 0.368. The lowest BCUT2D eigenvalue weighted by Gasteiger charge is -2.05. The Labute approximate surface area is 84.0 Å². The highest BCUT2D eigenvalue weighted by Gasteiger charge is 1.95. The predicted molar refractivity (Wildman–Crippen MR) is 59.1 cm³/mol. The quantitative estimate of drug-likeness (QED) is 0.627. The largest absolute Gasteiger partial charge is 0.402 e. The summed E-state index contributed by atoms with van der Waals surface area (Å²) in [5, 5.41) is 0. The van der Waals surface area contributed by atoms with E-state index in [0.29, 0.717) is 13.1 Å². The molecule has 0 unspecified atom stereocenters. The first-order chi connectivity index (χ1) is 6.33. The maximum Gasteiger partial charge on any atom is 0.303 e. The molecule has 1 rings (SSSR count). The van der Waals surface area contributed by atoms with E-state index in [1.54, 1.807) is 14.2 Å². The third kappa shape index (κ3) is 24.5. The molecule has 0 bridgehead atoms. The van der Waals surface area contributed by atoms with Crippen LogP contribution >= 0.6 is 0 Å². The molecule has 1 aliphatic rings. The van der Waals surface area contributed by atoms with Gasteiger partial charge in [0.1, 0.15) is 0 Å². The van der Waals surface area contributed by atoms with Crippen molar-refractivity contribution in [3.8, 4) is 0 Å². The van der Waals surface area contributed by atoms with Gasteiger partial charge in [-0.15, -0.1) is 0 Å². The Kier molecular flexibility index (Phi) is 21.5. The van der Waals surface area contributed by atoms with Crippen molar-refractivity contribution in [3.63, 3.8) is 0 Å². The third-order valence-corrected chi connectivity index (χ3v) is 1.87. The summed E-state index contributed by atoms with van der Waals surface area (Å²) in [5.41, 5.74) is 9.81. The highest BCUT2D eigenvalue weighted by atomic mass is 28.3. The van der Waals surface area contributed by atoms with Crippen LogP contribution in [-0.2, 0) is 8.85 Å². The molecular formula is C8H24N2O2Si. The highest BCUT2D eigenvalue weighted by Crippen LogP contribution is 2.15. The predicted octanol–water partition coefficient (Wildman–Crippen LogP) is -0.258. The topological polar surface area (TPSA) is 70.5 Å². The smallest absolute Gasteiger partial charge is 0.303 e. The molecule has 0 aromatic rings. The molecule has 1 saturated carbocycles. The summed E-state index contributed by atoms with van der Waals surface area (Å²) in [6, 6.07) is 0. The number of rotatable bonds is 3. The lowest BCUT2D eigenvalue weighted by molar-refractivity contribution is 0.309. The minimum absolute atomic E-state index is 0.568. The molecule has 1 aliphatic carbocycles. The molecule has 5 heteroatoms. The SMILES string of the molecule is C1CCC1.CO[SiH2]OC.NCCN. The van der Waals surface area contributed by atoms with Crippen LogP contribution in [-0.4, -0.2) is 37.3 Å². The van der Waals surface area contributed by atoms with Crippen molar-refractivity contribution in [1.82, 2.24) is 0 Å². The average molecular weight is 208 g/mol. The standard InChI is InChI=1S/C4H8.C2H8N2.C2H8O2Si/c1-2-4-3-1;3-1-2-4;1-3-5-4-2/h2*1-4H2;5H2,1-2H3. The molecule has 0 saturated heterocycles. The van der Waals surface area contributed by atoms with Crippen LogP contribution < -0.4 is 11.5 Å². The van der Waals surface area contributed by atoms with Crippen LogP contribution in [0.3, 0.4) is 0 Å². The normalized spacial score (nSPS) is 12.9. The number of hydrogen-bond acceptors (Lipinski definition) is 4. The fourth-order valence-corrected chi connectivity index (χ4v) is 0.604. The highest BCUT2D eigenvalue weighted by molar-refractivity contribution is 6.17. The van der Waals surface area contributed by atoms with Crippen molar-refractivity contribution < 1.29 is 8.85 Å². The Bertz CT molecular complexity index is 65.2. The van der Waals surface area contributed by atoms with Gasteiger partial charge in [0.25, 0.3) is 0 Å². The van der Waals surface area contributed by atoms with Gasteiger partial charge >= 0.3 is 10.0 Å². The van der Waals surface area contributed by atoms with E-state index in [9.17, 15) is 0 Å². The Balaban J connectivity index is 0. The minimum Gasteiger partial charge on any atom is -0.402 e.